The highest BCUT2D eigenvalue weighted by molar-refractivity contribution is 7.71. The number of aldehydes is 1. The number of carbonyl (C=O) groups excluding carboxylic acids is 2. The third-order valence-electron chi connectivity index (χ3n) is 6.90. The summed E-state index contributed by atoms with van der Waals surface area (Å²) in [6.07, 6.45) is 6.57. The molecule has 1 amide bonds. The summed E-state index contributed by atoms with van der Waals surface area (Å²) in [4.78, 5) is 27.9. The number of rotatable bonds is 8. The lowest BCUT2D eigenvalue weighted by Gasteiger charge is -2.20. The number of aryl methyl sites for hydroxylation is 3. The zero-order valence-electron chi connectivity index (χ0n) is 21.0. The van der Waals surface area contributed by atoms with Gasteiger partial charge >= 0.3 is 0 Å². The molecule has 6 nitrogen and oxygen atoms in total. The van der Waals surface area contributed by atoms with Crippen LogP contribution in [-0.2, 0) is 6.54 Å². The van der Waals surface area contributed by atoms with Gasteiger partial charge in [0.2, 0.25) is 0 Å². The summed E-state index contributed by atoms with van der Waals surface area (Å²) in [6.45, 7) is 6.19. The van der Waals surface area contributed by atoms with Crippen LogP contribution < -0.4 is 10.6 Å². The Labute approximate surface area is 217 Å². The minimum atomic E-state index is -0.263. The average molecular weight is 501 g/mol. The van der Waals surface area contributed by atoms with Crippen LogP contribution in [0.1, 0.15) is 74.3 Å². The number of pyridine rings is 1. The third kappa shape index (κ3) is 5.46. The Morgan fingerprint density at radius 1 is 1.11 bits per heavy atom. The Kier molecular flexibility index (Phi) is 7.79. The van der Waals surface area contributed by atoms with Crippen LogP contribution in [0.3, 0.4) is 0 Å². The quantitative estimate of drug-likeness (QED) is 0.163. The summed E-state index contributed by atoms with van der Waals surface area (Å²) in [5.41, 5.74) is 8.02. The molecule has 7 heteroatoms. The van der Waals surface area contributed by atoms with Gasteiger partial charge in [-0.25, -0.2) is 0 Å². The molecule has 1 fully saturated rings. The first-order valence-electron chi connectivity index (χ1n) is 12.3. The number of benzene rings is 2. The summed E-state index contributed by atoms with van der Waals surface area (Å²) in [7, 11) is 0. The van der Waals surface area contributed by atoms with Crippen LogP contribution >= 0.6 is 12.2 Å². The number of hydrogen-bond acceptors (Lipinski definition) is 5. The van der Waals surface area contributed by atoms with Crippen LogP contribution in [0.5, 0.6) is 0 Å². The zero-order valence-corrected chi connectivity index (χ0v) is 21.8. The number of carbonyl (C=O) groups is 2. The molecule has 0 bridgehead atoms. The Hall–Kier alpha value is -3.58. The molecule has 1 aliphatic rings. The highest BCUT2D eigenvalue weighted by Crippen LogP contribution is 2.33. The van der Waals surface area contributed by atoms with Crippen molar-refractivity contribution in [2.45, 2.75) is 59.0 Å². The van der Waals surface area contributed by atoms with Crippen LogP contribution in [-0.4, -0.2) is 29.4 Å². The lowest BCUT2D eigenvalue weighted by Crippen LogP contribution is -2.26. The summed E-state index contributed by atoms with van der Waals surface area (Å²) in [5.74, 6) is -0.263. The molecule has 186 valence electrons. The fraction of sp³-hybridized carbons (Fsp3) is 0.310. The summed E-state index contributed by atoms with van der Waals surface area (Å²) >= 11 is 5.49. The average Bonchev–Trinajstić information content (AvgIpc) is 3.35. The highest BCUT2D eigenvalue weighted by atomic mass is 32.1. The van der Waals surface area contributed by atoms with Crippen molar-refractivity contribution in [3.63, 3.8) is 0 Å². The molecule has 1 aliphatic carbocycles. The summed E-state index contributed by atoms with van der Waals surface area (Å²) in [5, 5.41) is 14.8. The molecule has 0 radical (unpaired) electrons. The fourth-order valence-corrected chi connectivity index (χ4v) is 5.40. The maximum absolute atomic E-state index is 13.5. The SMILES string of the molecule is Cc1cc(C)c(CNC(=O)c2cc(-c3ccc(C=O)cc3C)cc(NC3CCCC3)c2C=N)c(=S)[nH]1. The van der Waals surface area contributed by atoms with Crippen molar-refractivity contribution in [2.75, 3.05) is 5.32 Å². The number of aromatic nitrogens is 1. The van der Waals surface area contributed by atoms with E-state index in [1.807, 2.05) is 51.1 Å². The Bertz CT molecular complexity index is 1390. The molecule has 4 rings (SSSR count). The van der Waals surface area contributed by atoms with Crippen LogP contribution in [0.4, 0.5) is 5.69 Å². The van der Waals surface area contributed by atoms with E-state index in [0.29, 0.717) is 33.9 Å². The minimum Gasteiger partial charge on any atom is -0.382 e. The second kappa shape index (κ2) is 11.0. The van der Waals surface area contributed by atoms with Crippen molar-refractivity contribution in [3.05, 3.63) is 80.1 Å². The fourth-order valence-electron chi connectivity index (χ4n) is 5.01. The zero-order chi connectivity index (χ0) is 25.8. The maximum atomic E-state index is 13.5. The topological polar surface area (TPSA) is 97.8 Å². The second-order valence-corrected chi connectivity index (χ2v) is 9.98. The van der Waals surface area contributed by atoms with E-state index in [-0.39, 0.29) is 5.91 Å². The third-order valence-corrected chi connectivity index (χ3v) is 7.25. The van der Waals surface area contributed by atoms with E-state index >= 15 is 0 Å². The number of amides is 1. The van der Waals surface area contributed by atoms with Gasteiger partial charge in [0.25, 0.3) is 5.91 Å². The van der Waals surface area contributed by atoms with E-state index in [0.717, 1.165) is 58.3 Å². The normalized spacial score (nSPS) is 13.4. The Balaban J connectivity index is 1.75. The number of H-pyrrole nitrogens is 1. The van der Waals surface area contributed by atoms with Crippen molar-refractivity contribution in [2.24, 2.45) is 0 Å². The Morgan fingerprint density at radius 3 is 2.50 bits per heavy atom. The smallest absolute Gasteiger partial charge is 0.252 e. The standard InChI is InChI=1S/C29H32N4O2S/c1-17-10-19(3)32-29(36)26(17)15-31-28(35)24-12-21(23-9-8-20(16-34)11-18(23)2)13-27(25(24)14-30)33-22-6-4-5-7-22/h8-14,16,22,30,33H,4-7,15H2,1-3H3,(H,31,35)(H,32,36). The first kappa shape index (κ1) is 25.5. The molecular weight excluding hydrogens is 468 g/mol. The molecule has 0 saturated heterocycles. The molecule has 2 aromatic carbocycles. The molecule has 3 aromatic rings. The van der Waals surface area contributed by atoms with Gasteiger partial charge in [-0.05, 0) is 80.1 Å². The van der Waals surface area contributed by atoms with Crippen molar-refractivity contribution >= 4 is 36.3 Å². The van der Waals surface area contributed by atoms with Gasteiger partial charge in [0, 0.05) is 46.9 Å². The van der Waals surface area contributed by atoms with E-state index in [9.17, 15) is 9.59 Å². The van der Waals surface area contributed by atoms with E-state index in [2.05, 4.69) is 15.6 Å². The predicted molar refractivity (Wildman–Crippen MR) is 148 cm³/mol. The van der Waals surface area contributed by atoms with Crippen molar-refractivity contribution < 1.29 is 9.59 Å². The number of hydrogen-bond donors (Lipinski definition) is 4. The molecule has 0 atom stereocenters. The van der Waals surface area contributed by atoms with Crippen LogP contribution in [0.15, 0.2) is 36.4 Å². The molecule has 1 saturated carbocycles. The number of nitrogens with one attached hydrogen (secondary N) is 4. The number of anilines is 1. The van der Waals surface area contributed by atoms with Crippen LogP contribution in [0.25, 0.3) is 11.1 Å². The van der Waals surface area contributed by atoms with E-state index in [4.69, 9.17) is 17.6 Å². The monoisotopic (exact) mass is 500 g/mol. The van der Waals surface area contributed by atoms with Gasteiger partial charge in [0.05, 0.1) is 5.56 Å². The van der Waals surface area contributed by atoms with E-state index in [1.54, 1.807) is 6.07 Å². The van der Waals surface area contributed by atoms with Crippen molar-refractivity contribution in [3.8, 4) is 11.1 Å². The predicted octanol–water partition coefficient (Wildman–Crippen LogP) is 6.43. The summed E-state index contributed by atoms with van der Waals surface area (Å²) in [6, 6.07) is 11.7. The number of aromatic amines is 1. The lowest BCUT2D eigenvalue weighted by atomic mass is 9.93. The van der Waals surface area contributed by atoms with Crippen LogP contribution in [0.2, 0.25) is 0 Å². The molecule has 0 aliphatic heterocycles. The Morgan fingerprint density at radius 2 is 1.86 bits per heavy atom. The van der Waals surface area contributed by atoms with Crippen molar-refractivity contribution in [1.82, 2.24) is 10.3 Å². The molecular formula is C29H32N4O2S. The summed E-state index contributed by atoms with van der Waals surface area (Å²) < 4.78 is 0.614. The van der Waals surface area contributed by atoms with Gasteiger partial charge in [0.1, 0.15) is 10.9 Å². The minimum absolute atomic E-state index is 0.263. The second-order valence-electron chi connectivity index (χ2n) is 9.57. The lowest BCUT2D eigenvalue weighted by molar-refractivity contribution is 0.0950. The molecule has 0 unspecified atom stereocenters. The molecule has 1 aromatic heterocycles. The maximum Gasteiger partial charge on any atom is 0.252 e. The van der Waals surface area contributed by atoms with Crippen LogP contribution in [0, 0.1) is 30.8 Å². The van der Waals surface area contributed by atoms with Crippen molar-refractivity contribution in [1.29, 1.82) is 5.41 Å². The van der Waals surface area contributed by atoms with E-state index in [1.165, 1.54) is 19.1 Å². The first-order chi connectivity index (χ1) is 17.3. The van der Waals surface area contributed by atoms with Gasteiger partial charge in [-0.2, -0.15) is 0 Å². The molecule has 1 heterocycles. The van der Waals surface area contributed by atoms with Gasteiger partial charge < -0.3 is 21.0 Å². The largest absolute Gasteiger partial charge is 0.382 e. The molecule has 0 spiro atoms. The van der Waals surface area contributed by atoms with Gasteiger partial charge in [0.15, 0.2) is 0 Å². The van der Waals surface area contributed by atoms with E-state index < -0.39 is 0 Å². The van der Waals surface area contributed by atoms with Gasteiger partial charge in [-0.15, -0.1) is 0 Å². The molecule has 36 heavy (non-hydrogen) atoms. The highest BCUT2D eigenvalue weighted by Gasteiger charge is 2.21. The first-order valence-corrected chi connectivity index (χ1v) is 12.7. The molecule has 4 N–H and O–H groups in total. The van der Waals surface area contributed by atoms with Gasteiger partial charge in [-0.3, -0.25) is 9.59 Å². The van der Waals surface area contributed by atoms with Gasteiger partial charge in [-0.1, -0.05) is 37.2 Å².